The standard InChI is InChI=1S/C20H24N2O3/c1-16(18-11-6-3-7-12-18)22(15-17-9-4-2-5-10-17)20(25)21-14-8-13-19(23)24/h2-7,9-12,16H,8,13-15H2,1H3,(H,21,25)(H,23,24)/t16-/m0/s1. The molecule has 0 bridgehead atoms. The van der Waals surface area contributed by atoms with Crippen LogP contribution in [-0.4, -0.2) is 28.6 Å². The van der Waals surface area contributed by atoms with Crippen LogP contribution in [0.3, 0.4) is 0 Å². The van der Waals surface area contributed by atoms with Gasteiger partial charge in [0.25, 0.3) is 0 Å². The van der Waals surface area contributed by atoms with Gasteiger partial charge in [0.2, 0.25) is 0 Å². The largest absolute Gasteiger partial charge is 0.481 e. The lowest BCUT2D eigenvalue weighted by Gasteiger charge is -2.30. The SMILES string of the molecule is C[C@@H](c1ccccc1)N(Cc1ccccc1)C(=O)NCCCC(=O)O. The Morgan fingerprint density at radius 3 is 2.24 bits per heavy atom. The first-order valence-electron chi connectivity index (χ1n) is 8.43. The van der Waals surface area contributed by atoms with Crippen LogP contribution in [0.15, 0.2) is 60.7 Å². The van der Waals surface area contributed by atoms with Crippen molar-refractivity contribution in [2.75, 3.05) is 6.54 Å². The van der Waals surface area contributed by atoms with Gasteiger partial charge in [-0.25, -0.2) is 4.79 Å². The molecule has 0 aliphatic rings. The second-order valence-corrected chi connectivity index (χ2v) is 5.93. The summed E-state index contributed by atoms with van der Waals surface area (Å²) in [6.45, 7) is 2.83. The molecule has 2 amide bonds. The lowest BCUT2D eigenvalue weighted by Crippen LogP contribution is -2.41. The molecular formula is C20H24N2O3. The number of carbonyl (C=O) groups is 2. The molecule has 0 aliphatic heterocycles. The summed E-state index contributed by atoms with van der Waals surface area (Å²) in [6, 6.07) is 19.4. The Kier molecular flexibility index (Phi) is 7.01. The molecule has 0 aliphatic carbocycles. The number of hydrogen-bond donors (Lipinski definition) is 2. The van der Waals surface area contributed by atoms with Crippen molar-refractivity contribution in [2.45, 2.75) is 32.4 Å². The first-order valence-corrected chi connectivity index (χ1v) is 8.43. The Morgan fingerprint density at radius 1 is 1.04 bits per heavy atom. The minimum Gasteiger partial charge on any atom is -0.481 e. The fourth-order valence-electron chi connectivity index (χ4n) is 2.61. The van der Waals surface area contributed by atoms with E-state index in [0.717, 1.165) is 11.1 Å². The number of aliphatic carboxylic acids is 1. The Labute approximate surface area is 148 Å². The van der Waals surface area contributed by atoms with Crippen molar-refractivity contribution < 1.29 is 14.7 Å². The van der Waals surface area contributed by atoms with Crippen LogP contribution in [0.2, 0.25) is 0 Å². The number of carboxylic acid groups (broad SMARTS) is 1. The third kappa shape index (κ3) is 5.95. The number of benzene rings is 2. The number of hydrogen-bond acceptors (Lipinski definition) is 2. The maximum absolute atomic E-state index is 12.7. The van der Waals surface area contributed by atoms with Gasteiger partial charge in [0.15, 0.2) is 0 Å². The van der Waals surface area contributed by atoms with E-state index in [1.165, 1.54) is 0 Å². The third-order valence-corrected chi connectivity index (χ3v) is 4.05. The summed E-state index contributed by atoms with van der Waals surface area (Å²) in [6.07, 6.45) is 0.465. The van der Waals surface area contributed by atoms with E-state index in [0.29, 0.717) is 19.5 Å². The molecule has 5 heteroatoms. The zero-order valence-electron chi connectivity index (χ0n) is 14.4. The van der Waals surface area contributed by atoms with Gasteiger partial charge in [-0.3, -0.25) is 4.79 Å². The van der Waals surface area contributed by atoms with Crippen molar-refractivity contribution in [1.29, 1.82) is 0 Å². The highest BCUT2D eigenvalue weighted by Gasteiger charge is 2.21. The molecule has 132 valence electrons. The summed E-state index contributed by atoms with van der Waals surface area (Å²) >= 11 is 0. The second kappa shape index (κ2) is 9.47. The Hall–Kier alpha value is -2.82. The molecule has 2 aromatic rings. The maximum atomic E-state index is 12.7. The third-order valence-electron chi connectivity index (χ3n) is 4.05. The monoisotopic (exact) mass is 340 g/mol. The molecule has 0 fully saturated rings. The number of rotatable bonds is 8. The van der Waals surface area contributed by atoms with Crippen molar-refractivity contribution in [3.63, 3.8) is 0 Å². The lowest BCUT2D eigenvalue weighted by molar-refractivity contribution is -0.137. The number of amides is 2. The summed E-state index contributed by atoms with van der Waals surface area (Å²) in [7, 11) is 0. The minimum atomic E-state index is -0.854. The van der Waals surface area contributed by atoms with E-state index < -0.39 is 5.97 Å². The summed E-state index contributed by atoms with van der Waals surface area (Å²) in [4.78, 5) is 25.0. The molecule has 0 heterocycles. The number of nitrogens with zero attached hydrogens (tertiary/aromatic N) is 1. The van der Waals surface area contributed by atoms with Crippen LogP contribution >= 0.6 is 0 Å². The van der Waals surface area contributed by atoms with Crippen LogP contribution in [0.25, 0.3) is 0 Å². The van der Waals surface area contributed by atoms with Gasteiger partial charge in [-0.05, 0) is 24.5 Å². The number of nitrogens with one attached hydrogen (secondary N) is 1. The Bertz CT molecular complexity index is 674. The molecule has 0 spiro atoms. The molecule has 2 N–H and O–H groups in total. The van der Waals surface area contributed by atoms with E-state index in [1.54, 1.807) is 4.90 Å². The molecule has 0 aromatic heterocycles. The van der Waals surface area contributed by atoms with E-state index in [-0.39, 0.29) is 18.5 Å². The fourth-order valence-corrected chi connectivity index (χ4v) is 2.61. The minimum absolute atomic E-state index is 0.0488. The van der Waals surface area contributed by atoms with Crippen LogP contribution in [0, 0.1) is 0 Å². The van der Waals surface area contributed by atoms with E-state index in [9.17, 15) is 9.59 Å². The van der Waals surface area contributed by atoms with Crippen LogP contribution in [0.4, 0.5) is 4.79 Å². The van der Waals surface area contributed by atoms with Crippen molar-refractivity contribution in [3.8, 4) is 0 Å². The molecule has 25 heavy (non-hydrogen) atoms. The molecule has 5 nitrogen and oxygen atoms in total. The highest BCUT2D eigenvalue weighted by molar-refractivity contribution is 5.75. The predicted octanol–water partition coefficient (Wildman–Crippen LogP) is 3.82. The van der Waals surface area contributed by atoms with Crippen LogP contribution in [-0.2, 0) is 11.3 Å². The van der Waals surface area contributed by atoms with Crippen LogP contribution in [0.5, 0.6) is 0 Å². The fraction of sp³-hybridized carbons (Fsp3) is 0.300. The van der Waals surface area contributed by atoms with E-state index in [2.05, 4.69) is 5.32 Å². The number of carbonyl (C=O) groups excluding carboxylic acids is 1. The molecule has 0 unspecified atom stereocenters. The van der Waals surface area contributed by atoms with Crippen molar-refractivity contribution >= 4 is 12.0 Å². The lowest BCUT2D eigenvalue weighted by atomic mass is 10.1. The van der Waals surface area contributed by atoms with E-state index in [4.69, 9.17) is 5.11 Å². The smallest absolute Gasteiger partial charge is 0.318 e. The van der Waals surface area contributed by atoms with E-state index >= 15 is 0 Å². The maximum Gasteiger partial charge on any atom is 0.318 e. The molecule has 1 atom stereocenters. The van der Waals surface area contributed by atoms with Crippen LogP contribution in [0.1, 0.15) is 36.9 Å². The van der Waals surface area contributed by atoms with Gasteiger partial charge in [-0.15, -0.1) is 0 Å². The number of urea groups is 1. The second-order valence-electron chi connectivity index (χ2n) is 5.93. The van der Waals surface area contributed by atoms with Gasteiger partial charge >= 0.3 is 12.0 Å². The number of carboxylic acids is 1. The zero-order valence-corrected chi connectivity index (χ0v) is 14.4. The molecule has 0 saturated heterocycles. The van der Waals surface area contributed by atoms with Gasteiger partial charge in [0, 0.05) is 19.5 Å². The topological polar surface area (TPSA) is 69.6 Å². The highest BCUT2D eigenvalue weighted by Crippen LogP contribution is 2.22. The first kappa shape index (κ1) is 18.5. The Balaban J connectivity index is 2.08. The predicted molar refractivity (Wildman–Crippen MR) is 97.1 cm³/mol. The van der Waals surface area contributed by atoms with Gasteiger partial charge in [0.1, 0.15) is 0 Å². The summed E-state index contributed by atoms with van der Waals surface area (Å²) in [5.41, 5.74) is 2.10. The average molecular weight is 340 g/mol. The summed E-state index contributed by atoms with van der Waals surface area (Å²) in [5.74, 6) is -0.854. The molecule has 2 aromatic carbocycles. The van der Waals surface area contributed by atoms with Gasteiger partial charge < -0.3 is 15.3 Å². The molecule has 0 saturated carbocycles. The van der Waals surface area contributed by atoms with Gasteiger partial charge in [0.05, 0.1) is 6.04 Å². The first-order chi connectivity index (χ1) is 12.1. The normalized spacial score (nSPS) is 11.6. The van der Waals surface area contributed by atoms with Crippen molar-refractivity contribution in [2.24, 2.45) is 0 Å². The quantitative estimate of drug-likeness (QED) is 0.718. The average Bonchev–Trinajstić information content (AvgIpc) is 2.64. The highest BCUT2D eigenvalue weighted by atomic mass is 16.4. The molecule has 0 radical (unpaired) electrons. The van der Waals surface area contributed by atoms with Crippen molar-refractivity contribution in [1.82, 2.24) is 10.2 Å². The zero-order chi connectivity index (χ0) is 18.1. The Morgan fingerprint density at radius 2 is 1.64 bits per heavy atom. The van der Waals surface area contributed by atoms with Crippen LogP contribution < -0.4 is 5.32 Å². The van der Waals surface area contributed by atoms with Crippen molar-refractivity contribution in [3.05, 3.63) is 71.8 Å². The molecular weight excluding hydrogens is 316 g/mol. The van der Waals surface area contributed by atoms with Gasteiger partial charge in [-0.2, -0.15) is 0 Å². The molecule has 2 rings (SSSR count). The summed E-state index contributed by atoms with van der Waals surface area (Å²) in [5, 5.41) is 11.5. The summed E-state index contributed by atoms with van der Waals surface area (Å²) < 4.78 is 0. The van der Waals surface area contributed by atoms with E-state index in [1.807, 2.05) is 67.6 Å². The van der Waals surface area contributed by atoms with Gasteiger partial charge in [-0.1, -0.05) is 60.7 Å².